The minimum absolute atomic E-state index is 0.0146. The Morgan fingerprint density at radius 1 is 1.00 bits per heavy atom. The van der Waals surface area contributed by atoms with Gasteiger partial charge in [-0.1, -0.05) is 48.0 Å². The molecule has 0 spiro atoms. The zero-order valence-corrected chi connectivity index (χ0v) is 19.3. The molecule has 0 radical (unpaired) electrons. The Kier molecular flexibility index (Phi) is 5.63. The summed E-state index contributed by atoms with van der Waals surface area (Å²) >= 11 is 6.21. The molecule has 0 amide bonds. The topological polar surface area (TPSA) is 93.9 Å². The number of sulfonamides is 1. The summed E-state index contributed by atoms with van der Waals surface area (Å²) in [5.41, 5.74) is 2.02. The average molecular weight is 496 g/mol. The van der Waals surface area contributed by atoms with Crippen LogP contribution in [0.4, 0.5) is 5.69 Å². The van der Waals surface area contributed by atoms with E-state index >= 15 is 0 Å². The van der Waals surface area contributed by atoms with Crippen LogP contribution in [0.3, 0.4) is 0 Å². The molecule has 1 aliphatic rings. The van der Waals surface area contributed by atoms with Gasteiger partial charge in [-0.2, -0.15) is 0 Å². The molecule has 0 saturated heterocycles. The summed E-state index contributed by atoms with van der Waals surface area (Å²) in [5, 5.41) is 0.743. The largest absolute Gasteiger partial charge is 0.454 e. The number of carbonyl (C=O) groups excluding carboxylic acids is 2. The Morgan fingerprint density at radius 3 is 2.59 bits per heavy atom. The number of hydrogen-bond acceptors (Lipinski definition) is 6. The second kappa shape index (κ2) is 8.62. The fourth-order valence-corrected chi connectivity index (χ4v) is 5.92. The number of benzene rings is 3. The molecule has 0 atom stereocenters. The number of anilines is 1. The predicted molar refractivity (Wildman–Crippen MR) is 127 cm³/mol. The highest BCUT2D eigenvalue weighted by atomic mass is 35.5. The van der Waals surface area contributed by atoms with Crippen LogP contribution in [0.15, 0.2) is 82.1 Å². The minimum atomic E-state index is -4.02. The number of esters is 1. The molecule has 0 saturated carbocycles. The van der Waals surface area contributed by atoms with Crippen molar-refractivity contribution in [1.29, 1.82) is 0 Å². The lowest BCUT2D eigenvalue weighted by Gasteiger charge is -2.20. The predicted octanol–water partition coefficient (Wildman–Crippen LogP) is 4.88. The van der Waals surface area contributed by atoms with Crippen LogP contribution < -0.4 is 4.31 Å². The number of carbonyl (C=O) groups is 2. The van der Waals surface area contributed by atoms with Gasteiger partial charge in [-0.05, 0) is 48.4 Å². The molecule has 3 aromatic carbocycles. The molecule has 172 valence electrons. The third-order valence-electron chi connectivity index (χ3n) is 5.61. The van der Waals surface area contributed by atoms with Crippen molar-refractivity contribution in [2.24, 2.45) is 0 Å². The van der Waals surface area contributed by atoms with E-state index < -0.39 is 28.4 Å². The zero-order chi connectivity index (χ0) is 23.9. The molecule has 1 aliphatic heterocycles. The van der Waals surface area contributed by atoms with Crippen LogP contribution in [0.2, 0.25) is 5.02 Å². The van der Waals surface area contributed by atoms with Gasteiger partial charge < -0.3 is 9.15 Å². The van der Waals surface area contributed by atoms with E-state index in [1.165, 1.54) is 22.5 Å². The number of ether oxygens (including phenoxy) is 1. The monoisotopic (exact) mass is 495 g/mol. The van der Waals surface area contributed by atoms with Gasteiger partial charge in [0.2, 0.25) is 5.78 Å². The third kappa shape index (κ3) is 3.95. The Labute approximate surface area is 200 Å². The molecule has 4 aromatic rings. The summed E-state index contributed by atoms with van der Waals surface area (Å²) in [4.78, 5) is 24.8. The first-order chi connectivity index (χ1) is 16.3. The van der Waals surface area contributed by atoms with E-state index in [9.17, 15) is 18.0 Å². The van der Waals surface area contributed by atoms with Gasteiger partial charge in [-0.25, -0.2) is 13.2 Å². The zero-order valence-electron chi connectivity index (χ0n) is 17.7. The molecule has 0 unspecified atom stereocenters. The smallest absolute Gasteiger partial charge is 0.338 e. The summed E-state index contributed by atoms with van der Waals surface area (Å²) in [6, 6.07) is 19.8. The average Bonchev–Trinajstić information content (AvgIpc) is 3.47. The lowest BCUT2D eigenvalue weighted by molar-refractivity contribution is 0.0468. The standard InChI is InChI=1S/C25H18ClNO6S/c26-19-10-9-18(14-24(19)34(30,31)27-12-11-16-5-1-3-7-20(16)27)25(29)32-15-21(28)23-13-17-6-2-4-8-22(17)33-23/h1-10,13-14H,11-12,15H2. The van der Waals surface area contributed by atoms with Gasteiger partial charge in [0, 0.05) is 11.9 Å². The molecule has 9 heteroatoms. The van der Waals surface area contributed by atoms with Crippen LogP contribution in [-0.2, 0) is 21.2 Å². The van der Waals surface area contributed by atoms with Gasteiger partial charge >= 0.3 is 5.97 Å². The van der Waals surface area contributed by atoms with Crippen molar-refractivity contribution in [3.63, 3.8) is 0 Å². The third-order valence-corrected chi connectivity index (χ3v) is 7.91. The number of para-hydroxylation sites is 2. The van der Waals surface area contributed by atoms with Gasteiger partial charge in [0.25, 0.3) is 10.0 Å². The number of Topliss-reactive ketones (excluding diaryl/α,β-unsaturated/α-hetero) is 1. The molecule has 34 heavy (non-hydrogen) atoms. The normalized spacial score (nSPS) is 13.1. The Morgan fingerprint density at radius 2 is 1.76 bits per heavy atom. The van der Waals surface area contributed by atoms with E-state index in [1.807, 2.05) is 18.2 Å². The summed E-state index contributed by atoms with van der Waals surface area (Å²) < 4.78 is 38.6. The van der Waals surface area contributed by atoms with Gasteiger partial charge in [0.1, 0.15) is 10.5 Å². The fourth-order valence-electron chi connectivity index (χ4n) is 3.91. The van der Waals surface area contributed by atoms with E-state index in [1.54, 1.807) is 36.4 Å². The van der Waals surface area contributed by atoms with Gasteiger partial charge in [0.15, 0.2) is 12.4 Å². The van der Waals surface area contributed by atoms with Crippen molar-refractivity contribution in [3.05, 3.63) is 94.7 Å². The lowest BCUT2D eigenvalue weighted by Crippen LogP contribution is -2.29. The Bertz CT molecular complexity index is 1510. The number of fused-ring (bicyclic) bond motifs is 2. The van der Waals surface area contributed by atoms with Crippen molar-refractivity contribution in [2.75, 3.05) is 17.5 Å². The van der Waals surface area contributed by atoms with Gasteiger partial charge in [0.05, 0.1) is 16.3 Å². The lowest BCUT2D eigenvalue weighted by atomic mass is 10.2. The van der Waals surface area contributed by atoms with Crippen LogP contribution in [0, 0.1) is 0 Å². The van der Waals surface area contributed by atoms with E-state index in [0.717, 1.165) is 10.9 Å². The summed E-state index contributed by atoms with van der Waals surface area (Å²) in [6.07, 6.45) is 0.582. The molecule has 7 nitrogen and oxygen atoms in total. The summed E-state index contributed by atoms with van der Waals surface area (Å²) in [5.74, 6) is -1.29. The van der Waals surface area contributed by atoms with E-state index in [-0.39, 0.29) is 27.8 Å². The number of hydrogen-bond donors (Lipinski definition) is 0. The van der Waals surface area contributed by atoms with Gasteiger partial charge in [-0.3, -0.25) is 9.10 Å². The first kappa shape index (κ1) is 22.2. The van der Waals surface area contributed by atoms with E-state index in [0.29, 0.717) is 17.7 Å². The molecule has 0 bridgehead atoms. The Balaban J connectivity index is 1.35. The fraction of sp³-hybridized carbons (Fsp3) is 0.120. The first-order valence-corrected chi connectivity index (χ1v) is 12.3. The molecule has 0 fully saturated rings. The van der Waals surface area contributed by atoms with Crippen LogP contribution >= 0.6 is 11.6 Å². The molecule has 0 N–H and O–H groups in total. The van der Waals surface area contributed by atoms with Crippen LogP contribution in [0.5, 0.6) is 0 Å². The first-order valence-electron chi connectivity index (χ1n) is 10.4. The Hall–Kier alpha value is -3.62. The number of furan rings is 1. The van der Waals surface area contributed by atoms with Crippen molar-refractivity contribution >= 4 is 50.0 Å². The molecule has 2 heterocycles. The SMILES string of the molecule is O=C(OCC(=O)c1cc2ccccc2o1)c1ccc(Cl)c(S(=O)(=O)N2CCc3ccccc32)c1. The molecule has 0 aliphatic carbocycles. The number of nitrogens with zero attached hydrogens (tertiary/aromatic N) is 1. The van der Waals surface area contributed by atoms with Gasteiger partial charge in [-0.15, -0.1) is 0 Å². The molecule has 1 aromatic heterocycles. The molecular weight excluding hydrogens is 478 g/mol. The van der Waals surface area contributed by atoms with Crippen LogP contribution in [0.1, 0.15) is 26.5 Å². The number of ketones is 1. The maximum absolute atomic E-state index is 13.4. The van der Waals surface area contributed by atoms with E-state index in [2.05, 4.69) is 0 Å². The molecular formula is C25H18ClNO6S. The van der Waals surface area contributed by atoms with Crippen molar-refractivity contribution in [1.82, 2.24) is 0 Å². The summed E-state index contributed by atoms with van der Waals surface area (Å²) in [6.45, 7) is -0.276. The maximum Gasteiger partial charge on any atom is 0.338 e. The summed E-state index contributed by atoms with van der Waals surface area (Å²) in [7, 11) is -4.02. The number of rotatable bonds is 6. The van der Waals surface area contributed by atoms with Crippen LogP contribution in [-0.4, -0.2) is 33.3 Å². The van der Waals surface area contributed by atoms with E-state index in [4.69, 9.17) is 20.8 Å². The highest BCUT2D eigenvalue weighted by Gasteiger charge is 2.32. The highest BCUT2D eigenvalue weighted by molar-refractivity contribution is 7.93. The van der Waals surface area contributed by atoms with Crippen molar-refractivity contribution < 1.29 is 27.2 Å². The highest BCUT2D eigenvalue weighted by Crippen LogP contribution is 2.35. The number of halogens is 1. The minimum Gasteiger partial charge on any atom is -0.454 e. The van der Waals surface area contributed by atoms with Crippen molar-refractivity contribution in [3.8, 4) is 0 Å². The van der Waals surface area contributed by atoms with Crippen LogP contribution in [0.25, 0.3) is 11.0 Å². The molecule has 5 rings (SSSR count). The second-order valence-corrected chi connectivity index (χ2v) is 9.99. The quantitative estimate of drug-likeness (QED) is 0.279. The second-order valence-electron chi connectivity index (χ2n) is 7.75. The van der Waals surface area contributed by atoms with Crippen molar-refractivity contribution in [2.45, 2.75) is 11.3 Å². The maximum atomic E-state index is 13.4.